The molecule has 1 aliphatic rings. The number of hydrogen-bond donors (Lipinski definition) is 1. The monoisotopic (exact) mass is 185 g/mol. The number of nitrogens with two attached hydrogens (primary N) is 1. The Morgan fingerprint density at radius 2 is 2.08 bits per heavy atom. The molecular formula is C9H19N3O. The van der Waals surface area contributed by atoms with Gasteiger partial charge in [-0.1, -0.05) is 0 Å². The van der Waals surface area contributed by atoms with E-state index in [9.17, 15) is 4.79 Å². The van der Waals surface area contributed by atoms with E-state index in [4.69, 9.17) is 5.73 Å². The van der Waals surface area contributed by atoms with Gasteiger partial charge in [-0.25, -0.2) is 0 Å². The van der Waals surface area contributed by atoms with Crippen molar-refractivity contribution < 1.29 is 4.79 Å². The molecule has 1 saturated heterocycles. The minimum absolute atomic E-state index is 0.0270. The zero-order valence-corrected chi connectivity index (χ0v) is 8.33. The number of likely N-dealkylation sites (tertiary alicyclic amines) is 1. The van der Waals surface area contributed by atoms with Gasteiger partial charge >= 0.3 is 0 Å². The maximum absolute atomic E-state index is 11.1. The molecule has 76 valence electrons. The molecule has 0 aromatic rings. The number of amides is 1. The van der Waals surface area contributed by atoms with Crippen LogP contribution in [0.25, 0.3) is 0 Å². The minimum Gasteiger partial charge on any atom is -0.343 e. The third-order valence-electron chi connectivity index (χ3n) is 2.55. The highest BCUT2D eigenvalue weighted by atomic mass is 16.2. The van der Waals surface area contributed by atoms with Gasteiger partial charge in [0.1, 0.15) is 0 Å². The fourth-order valence-electron chi connectivity index (χ4n) is 1.58. The van der Waals surface area contributed by atoms with E-state index in [2.05, 4.69) is 4.90 Å². The number of likely N-dealkylation sites (N-methyl/N-ethyl adjacent to an activating group) is 1. The molecule has 13 heavy (non-hydrogen) atoms. The number of hydrogen-bond acceptors (Lipinski definition) is 3. The fourth-order valence-corrected chi connectivity index (χ4v) is 1.58. The third kappa shape index (κ3) is 3.32. The quantitative estimate of drug-likeness (QED) is 0.642. The molecule has 1 aliphatic heterocycles. The number of nitrogens with zero attached hydrogens (tertiary/aromatic N) is 2. The average Bonchev–Trinajstić information content (AvgIpc) is 2.65. The highest BCUT2D eigenvalue weighted by molar-refractivity contribution is 5.77. The SMILES string of the molecule is CN(CCN1CCCC1)C(=O)CN. The van der Waals surface area contributed by atoms with Crippen molar-refractivity contribution in [2.45, 2.75) is 12.8 Å². The topological polar surface area (TPSA) is 49.6 Å². The first kappa shape index (κ1) is 10.5. The van der Waals surface area contributed by atoms with Gasteiger partial charge in [0.05, 0.1) is 6.54 Å². The van der Waals surface area contributed by atoms with Gasteiger partial charge in [0, 0.05) is 20.1 Å². The van der Waals surface area contributed by atoms with Crippen molar-refractivity contribution in [2.75, 3.05) is 39.8 Å². The Labute approximate surface area is 79.7 Å². The maximum atomic E-state index is 11.1. The summed E-state index contributed by atoms with van der Waals surface area (Å²) in [7, 11) is 1.81. The van der Waals surface area contributed by atoms with Crippen LogP contribution in [0.4, 0.5) is 0 Å². The van der Waals surface area contributed by atoms with Gasteiger partial charge in [-0.2, -0.15) is 0 Å². The van der Waals surface area contributed by atoms with Crippen molar-refractivity contribution >= 4 is 5.91 Å². The summed E-state index contributed by atoms with van der Waals surface area (Å²) in [4.78, 5) is 15.2. The summed E-state index contributed by atoms with van der Waals surface area (Å²) in [5.74, 6) is 0.0270. The molecule has 0 unspecified atom stereocenters. The molecule has 0 radical (unpaired) electrons. The van der Waals surface area contributed by atoms with Crippen molar-refractivity contribution in [3.8, 4) is 0 Å². The molecule has 0 aliphatic carbocycles. The third-order valence-corrected chi connectivity index (χ3v) is 2.55. The standard InChI is InChI=1S/C9H19N3O/c1-11(9(13)8-10)6-7-12-4-2-3-5-12/h2-8,10H2,1H3. The summed E-state index contributed by atoms with van der Waals surface area (Å²) in [5, 5.41) is 0. The van der Waals surface area contributed by atoms with Crippen LogP contribution in [0.2, 0.25) is 0 Å². The Hall–Kier alpha value is -0.610. The van der Waals surface area contributed by atoms with Crippen LogP contribution in [-0.4, -0.2) is 55.5 Å². The largest absolute Gasteiger partial charge is 0.343 e. The van der Waals surface area contributed by atoms with Gasteiger partial charge in [-0.3, -0.25) is 4.79 Å². The summed E-state index contributed by atoms with van der Waals surface area (Å²) in [6.45, 7) is 4.28. The van der Waals surface area contributed by atoms with E-state index in [1.54, 1.807) is 4.90 Å². The van der Waals surface area contributed by atoms with E-state index in [-0.39, 0.29) is 12.5 Å². The van der Waals surface area contributed by atoms with Crippen molar-refractivity contribution in [3.63, 3.8) is 0 Å². The molecule has 0 aromatic heterocycles. The lowest BCUT2D eigenvalue weighted by molar-refractivity contribution is -0.128. The second-order valence-corrected chi connectivity index (χ2v) is 3.57. The second kappa shape index (κ2) is 5.19. The predicted molar refractivity (Wildman–Crippen MR) is 52.4 cm³/mol. The number of rotatable bonds is 4. The Bertz CT molecular complexity index is 166. The van der Waals surface area contributed by atoms with E-state index in [1.807, 2.05) is 7.05 Å². The lowest BCUT2D eigenvalue weighted by Gasteiger charge is -2.20. The van der Waals surface area contributed by atoms with E-state index >= 15 is 0 Å². The molecule has 0 saturated carbocycles. The highest BCUT2D eigenvalue weighted by Gasteiger charge is 2.13. The molecule has 1 rings (SSSR count). The Morgan fingerprint density at radius 1 is 1.46 bits per heavy atom. The van der Waals surface area contributed by atoms with E-state index in [0.29, 0.717) is 0 Å². The molecule has 4 heteroatoms. The first-order valence-electron chi connectivity index (χ1n) is 4.90. The van der Waals surface area contributed by atoms with Crippen molar-refractivity contribution in [3.05, 3.63) is 0 Å². The molecule has 0 atom stereocenters. The molecule has 4 nitrogen and oxygen atoms in total. The van der Waals surface area contributed by atoms with E-state index < -0.39 is 0 Å². The molecule has 1 amide bonds. The van der Waals surface area contributed by atoms with Crippen LogP contribution < -0.4 is 5.73 Å². The summed E-state index contributed by atoms with van der Waals surface area (Å²) in [6, 6.07) is 0. The molecular weight excluding hydrogens is 166 g/mol. The van der Waals surface area contributed by atoms with Crippen molar-refractivity contribution in [1.82, 2.24) is 9.80 Å². The zero-order valence-electron chi connectivity index (χ0n) is 8.33. The van der Waals surface area contributed by atoms with Crippen molar-refractivity contribution in [2.24, 2.45) is 5.73 Å². The van der Waals surface area contributed by atoms with Crippen LogP contribution in [0.5, 0.6) is 0 Å². The number of carbonyl (C=O) groups is 1. The van der Waals surface area contributed by atoms with Crippen molar-refractivity contribution in [1.29, 1.82) is 0 Å². The molecule has 1 heterocycles. The lowest BCUT2D eigenvalue weighted by atomic mass is 10.4. The molecule has 0 aromatic carbocycles. The number of carbonyl (C=O) groups excluding carboxylic acids is 1. The maximum Gasteiger partial charge on any atom is 0.236 e. The van der Waals surface area contributed by atoms with Gasteiger partial charge in [0.15, 0.2) is 0 Å². The van der Waals surface area contributed by atoms with Gasteiger partial charge in [-0.15, -0.1) is 0 Å². The van der Waals surface area contributed by atoms with Crippen LogP contribution >= 0.6 is 0 Å². The fraction of sp³-hybridized carbons (Fsp3) is 0.889. The predicted octanol–water partition coefficient (Wildman–Crippen LogP) is -0.501. The first-order chi connectivity index (χ1) is 6.24. The van der Waals surface area contributed by atoms with Crippen LogP contribution in [0, 0.1) is 0 Å². The van der Waals surface area contributed by atoms with Crippen LogP contribution in [0.1, 0.15) is 12.8 Å². The first-order valence-corrected chi connectivity index (χ1v) is 4.90. The molecule has 2 N–H and O–H groups in total. The summed E-state index contributed by atoms with van der Waals surface area (Å²) in [6.07, 6.45) is 2.60. The molecule has 0 bridgehead atoms. The molecule has 1 fully saturated rings. The van der Waals surface area contributed by atoms with E-state index in [1.165, 1.54) is 25.9 Å². The van der Waals surface area contributed by atoms with E-state index in [0.717, 1.165) is 13.1 Å². The van der Waals surface area contributed by atoms with Gasteiger partial charge in [0.25, 0.3) is 0 Å². The summed E-state index contributed by atoms with van der Waals surface area (Å²) >= 11 is 0. The van der Waals surface area contributed by atoms with Crippen LogP contribution in [-0.2, 0) is 4.79 Å². The lowest BCUT2D eigenvalue weighted by Crippen LogP contribution is -2.38. The van der Waals surface area contributed by atoms with Crippen LogP contribution in [0.3, 0.4) is 0 Å². The smallest absolute Gasteiger partial charge is 0.236 e. The summed E-state index contributed by atoms with van der Waals surface area (Å²) in [5.41, 5.74) is 5.25. The van der Waals surface area contributed by atoms with Gasteiger partial charge in [-0.05, 0) is 25.9 Å². The van der Waals surface area contributed by atoms with Gasteiger partial charge in [0.2, 0.25) is 5.91 Å². The average molecular weight is 185 g/mol. The van der Waals surface area contributed by atoms with Crippen LogP contribution in [0.15, 0.2) is 0 Å². The Morgan fingerprint density at radius 3 is 2.62 bits per heavy atom. The minimum atomic E-state index is 0.0270. The Kier molecular flexibility index (Phi) is 4.18. The Balaban J connectivity index is 2.13. The molecule has 0 spiro atoms. The normalized spacial score (nSPS) is 17.7. The van der Waals surface area contributed by atoms with Gasteiger partial charge < -0.3 is 15.5 Å². The second-order valence-electron chi connectivity index (χ2n) is 3.57. The summed E-state index contributed by atoms with van der Waals surface area (Å²) < 4.78 is 0. The highest BCUT2D eigenvalue weighted by Crippen LogP contribution is 2.06. The zero-order chi connectivity index (χ0) is 9.68.